The lowest BCUT2D eigenvalue weighted by atomic mass is 10.1. The number of nitrogens with zero attached hydrogens (tertiary/aromatic N) is 3. The third-order valence-corrected chi connectivity index (χ3v) is 3.60. The van der Waals surface area contributed by atoms with Crippen molar-refractivity contribution in [2.45, 2.75) is 6.54 Å². The summed E-state index contributed by atoms with van der Waals surface area (Å²) in [7, 11) is 0. The van der Waals surface area contributed by atoms with Gasteiger partial charge in [0.25, 0.3) is 0 Å². The van der Waals surface area contributed by atoms with Crippen LogP contribution in [0.2, 0.25) is 0 Å². The number of H-pyrrole nitrogens is 1. The molecule has 0 spiro atoms. The first-order valence-corrected chi connectivity index (χ1v) is 6.88. The van der Waals surface area contributed by atoms with Gasteiger partial charge in [-0.3, -0.25) is 4.98 Å². The summed E-state index contributed by atoms with van der Waals surface area (Å²) < 4.78 is 2.14. The molecule has 4 rings (SSSR count). The molecule has 0 aliphatic carbocycles. The van der Waals surface area contributed by atoms with Gasteiger partial charge in [-0.2, -0.15) is 0 Å². The normalized spacial score (nSPS) is 11.0. The fraction of sp³-hybridized carbons (Fsp3) is 0.0588. The number of fused-ring (bicyclic) bond motifs is 1. The molecule has 4 nitrogen and oxygen atoms in total. The Morgan fingerprint density at radius 2 is 2.10 bits per heavy atom. The van der Waals surface area contributed by atoms with E-state index in [1.54, 1.807) is 6.20 Å². The first kappa shape index (κ1) is 11.9. The van der Waals surface area contributed by atoms with Crippen LogP contribution in [0, 0.1) is 0 Å². The molecule has 4 heteroatoms. The first-order valence-electron chi connectivity index (χ1n) is 6.88. The largest absolute Gasteiger partial charge is 0.361 e. The molecule has 102 valence electrons. The predicted octanol–water partition coefficient (Wildman–Crippen LogP) is 3.47. The van der Waals surface area contributed by atoms with Gasteiger partial charge in [-0.1, -0.05) is 6.07 Å². The Kier molecular flexibility index (Phi) is 2.78. The van der Waals surface area contributed by atoms with Crippen LogP contribution in [0.3, 0.4) is 0 Å². The van der Waals surface area contributed by atoms with E-state index in [1.807, 2.05) is 30.9 Å². The molecule has 21 heavy (non-hydrogen) atoms. The Hall–Kier alpha value is -2.88. The van der Waals surface area contributed by atoms with Crippen LogP contribution >= 0.6 is 0 Å². The molecule has 0 radical (unpaired) electrons. The molecule has 0 saturated carbocycles. The smallest absolute Gasteiger partial charge is 0.140 e. The average Bonchev–Trinajstić information content (AvgIpc) is 3.16. The molecule has 0 atom stereocenters. The van der Waals surface area contributed by atoms with Crippen LogP contribution in [0.15, 0.2) is 67.4 Å². The molecule has 1 aromatic carbocycles. The monoisotopic (exact) mass is 274 g/mol. The summed E-state index contributed by atoms with van der Waals surface area (Å²) in [6.07, 6.45) is 9.48. The van der Waals surface area contributed by atoms with Crippen molar-refractivity contribution in [3.05, 3.63) is 72.9 Å². The van der Waals surface area contributed by atoms with E-state index in [4.69, 9.17) is 0 Å². The van der Waals surface area contributed by atoms with Gasteiger partial charge in [-0.05, 0) is 35.9 Å². The van der Waals surface area contributed by atoms with Crippen LogP contribution in [0.4, 0.5) is 0 Å². The summed E-state index contributed by atoms with van der Waals surface area (Å²) in [6.45, 7) is 0.772. The van der Waals surface area contributed by atoms with E-state index in [0.717, 1.165) is 23.4 Å². The minimum Gasteiger partial charge on any atom is -0.361 e. The minimum absolute atomic E-state index is 0.772. The van der Waals surface area contributed by atoms with E-state index in [-0.39, 0.29) is 0 Å². The van der Waals surface area contributed by atoms with Crippen molar-refractivity contribution in [1.82, 2.24) is 19.5 Å². The Balaban J connectivity index is 1.74. The highest BCUT2D eigenvalue weighted by Gasteiger charge is 2.07. The molecule has 3 aromatic heterocycles. The second-order valence-electron chi connectivity index (χ2n) is 5.02. The summed E-state index contributed by atoms with van der Waals surface area (Å²) in [6, 6.07) is 12.5. The molecule has 0 unspecified atom stereocenters. The van der Waals surface area contributed by atoms with Gasteiger partial charge in [-0.15, -0.1) is 0 Å². The van der Waals surface area contributed by atoms with Gasteiger partial charge in [-0.25, -0.2) is 4.98 Å². The molecular weight excluding hydrogens is 260 g/mol. The number of hydrogen-bond donors (Lipinski definition) is 1. The number of nitrogens with one attached hydrogen (secondary N) is 1. The van der Waals surface area contributed by atoms with Crippen LogP contribution in [-0.4, -0.2) is 19.5 Å². The Morgan fingerprint density at radius 3 is 3.00 bits per heavy atom. The van der Waals surface area contributed by atoms with Gasteiger partial charge in [0.15, 0.2) is 0 Å². The van der Waals surface area contributed by atoms with Crippen molar-refractivity contribution < 1.29 is 0 Å². The average molecular weight is 274 g/mol. The van der Waals surface area contributed by atoms with Gasteiger partial charge in [0.05, 0.1) is 6.54 Å². The molecule has 0 saturated heterocycles. The molecule has 0 aliphatic rings. The van der Waals surface area contributed by atoms with Crippen LogP contribution in [0.1, 0.15) is 5.56 Å². The van der Waals surface area contributed by atoms with E-state index in [1.165, 1.54) is 10.9 Å². The van der Waals surface area contributed by atoms with Gasteiger partial charge in [0.1, 0.15) is 5.82 Å². The van der Waals surface area contributed by atoms with E-state index >= 15 is 0 Å². The molecule has 0 aliphatic heterocycles. The lowest BCUT2D eigenvalue weighted by molar-refractivity contribution is 0.803. The molecule has 0 amide bonds. The standard InChI is InChI=1S/C17H14N4/c1-2-13(11-18-6-1)12-21-9-8-20-17(21)15-3-4-16-14(10-15)5-7-19-16/h1-11,19H,12H2. The zero-order valence-electron chi connectivity index (χ0n) is 11.4. The second kappa shape index (κ2) is 4.90. The van der Waals surface area contributed by atoms with Crippen molar-refractivity contribution in [3.8, 4) is 11.4 Å². The second-order valence-corrected chi connectivity index (χ2v) is 5.02. The van der Waals surface area contributed by atoms with E-state index in [2.05, 4.69) is 49.9 Å². The minimum atomic E-state index is 0.772. The molecule has 3 heterocycles. The van der Waals surface area contributed by atoms with Gasteiger partial charge < -0.3 is 9.55 Å². The van der Waals surface area contributed by atoms with E-state index in [9.17, 15) is 0 Å². The number of hydrogen-bond acceptors (Lipinski definition) is 2. The van der Waals surface area contributed by atoms with Crippen molar-refractivity contribution >= 4 is 10.9 Å². The van der Waals surface area contributed by atoms with Crippen molar-refractivity contribution in [2.24, 2.45) is 0 Å². The highest BCUT2D eigenvalue weighted by molar-refractivity contribution is 5.83. The van der Waals surface area contributed by atoms with Crippen molar-refractivity contribution in [2.75, 3.05) is 0 Å². The van der Waals surface area contributed by atoms with Crippen molar-refractivity contribution in [3.63, 3.8) is 0 Å². The number of benzene rings is 1. The quantitative estimate of drug-likeness (QED) is 0.621. The van der Waals surface area contributed by atoms with Gasteiger partial charge >= 0.3 is 0 Å². The first-order chi connectivity index (χ1) is 10.4. The number of rotatable bonds is 3. The molecule has 1 N–H and O–H groups in total. The summed E-state index contributed by atoms with van der Waals surface area (Å²) in [4.78, 5) is 11.9. The maximum Gasteiger partial charge on any atom is 0.140 e. The molecule has 0 bridgehead atoms. The zero-order valence-corrected chi connectivity index (χ0v) is 11.4. The maximum absolute atomic E-state index is 4.51. The number of pyridine rings is 1. The SMILES string of the molecule is c1cncc(Cn2ccnc2-c2ccc3[nH]ccc3c2)c1. The lowest BCUT2D eigenvalue weighted by Gasteiger charge is -2.08. The molecule has 0 fully saturated rings. The topological polar surface area (TPSA) is 46.5 Å². The third kappa shape index (κ3) is 2.21. The van der Waals surface area contributed by atoms with Crippen LogP contribution < -0.4 is 0 Å². The molecular formula is C17H14N4. The Labute approximate surface area is 122 Å². The van der Waals surface area contributed by atoms with Crippen LogP contribution in [0.5, 0.6) is 0 Å². The van der Waals surface area contributed by atoms with Crippen LogP contribution in [-0.2, 0) is 6.54 Å². The maximum atomic E-state index is 4.51. The summed E-state index contributed by atoms with van der Waals surface area (Å²) in [5.41, 5.74) is 3.43. The van der Waals surface area contributed by atoms with E-state index < -0.39 is 0 Å². The lowest BCUT2D eigenvalue weighted by Crippen LogP contribution is -2.01. The van der Waals surface area contributed by atoms with Gasteiger partial charge in [0.2, 0.25) is 0 Å². The Morgan fingerprint density at radius 1 is 1.10 bits per heavy atom. The molecule has 4 aromatic rings. The fourth-order valence-corrected chi connectivity index (χ4v) is 2.58. The third-order valence-electron chi connectivity index (χ3n) is 3.60. The highest BCUT2D eigenvalue weighted by atomic mass is 15.1. The highest BCUT2D eigenvalue weighted by Crippen LogP contribution is 2.23. The summed E-state index contributed by atoms with van der Waals surface area (Å²) >= 11 is 0. The number of imidazole rings is 1. The summed E-state index contributed by atoms with van der Waals surface area (Å²) in [5, 5.41) is 1.20. The fourth-order valence-electron chi connectivity index (χ4n) is 2.58. The zero-order chi connectivity index (χ0) is 14.1. The van der Waals surface area contributed by atoms with Crippen LogP contribution in [0.25, 0.3) is 22.3 Å². The van der Waals surface area contributed by atoms with Gasteiger partial charge in [0, 0.05) is 47.5 Å². The number of aromatic nitrogens is 4. The predicted molar refractivity (Wildman–Crippen MR) is 82.9 cm³/mol. The summed E-state index contributed by atoms with van der Waals surface area (Å²) in [5.74, 6) is 0.974. The number of aromatic amines is 1. The Bertz CT molecular complexity index is 874. The van der Waals surface area contributed by atoms with Crippen molar-refractivity contribution in [1.29, 1.82) is 0 Å². The van der Waals surface area contributed by atoms with E-state index in [0.29, 0.717) is 0 Å².